The number of halogens is 1. The number of rotatable bonds is 4. The molecule has 2 rings (SSSR count). The Hall–Kier alpha value is -2.38. The van der Waals surface area contributed by atoms with Crippen LogP contribution in [0.1, 0.15) is 35.2 Å². The van der Waals surface area contributed by atoms with Crippen molar-refractivity contribution in [1.29, 1.82) is 5.26 Å². The van der Waals surface area contributed by atoms with E-state index in [0.29, 0.717) is 0 Å². The minimum atomic E-state index is -0.515. The first-order chi connectivity index (χ1) is 10.0. The van der Waals surface area contributed by atoms with E-state index in [-0.39, 0.29) is 18.2 Å². The van der Waals surface area contributed by atoms with Gasteiger partial charge in [-0.2, -0.15) is 5.26 Å². The van der Waals surface area contributed by atoms with E-state index in [2.05, 4.69) is 0 Å². The molecule has 0 unspecified atom stereocenters. The highest BCUT2D eigenvalue weighted by Gasteiger charge is 2.06. The molecule has 0 aromatic heterocycles. The van der Waals surface area contributed by atoms with Crippen molar-refractivity contribution in [2.75, 3.05) is 0 Å². The Morgan fingerprint density at radius 1 is 1.29 bits per heavy atom. The fourth-order valence-electron chi connectivity index (χ4n) is 2.03. The molecule has 0 spiro atoms. The van der Waals surface area contributed by atoms with Crippen molar-refractivity contribution >= 4 is 0 Å². The molecule has 0 bridgehead atoms. The SMILES string of the molecule is Cc1cc([C@H](C)N)ccc1OCc1ccc(F)c(C#N)c1. The second-order valence-corrected chi connectivity index (χ2v) is 5.03. The molecule has 108 valence electrons. The minimum Gasteiger partial charge on any atom is -0.489 e. The monoisotopic (exact) mass is 284 g/mol. The third-order valence-electron chi connectivity index (χ3n) is 3.27. The number of hydrogen-bond donors (Lipinski definition) is 1. The largest absolute Gasteiger partial charge is 0.489 e. The van der Waals surface area contributed by atoms with E-state index in [9.17, 15) is 4.39 Å². The Bertz CT molecular complexity index is 690. The van der Waals surface area contributed by atoms with Gasteiger partial charge in [0.1, 0.15) is 24.2 Å². The summed E-state index contributed by atoms with van der Waals surface area (Å²) >= 11 is 0. The highest BCUT2D eigenvalue weighted by molar-refractivity contribution is 5.38. The van der Waals surface area contributed by atoms with Crippen molar-refractivity contribution in [3.8, 4) is 11.8 Å². The van der Waals surface area contributed by atoms with Crippen LogP contribution in [0, 0.1) is 24.1 Å². The molecule has 0 heterocycles. The first kappa shape index (κ1) is 15.0. The first-order valence-electron chi connectivity index (χ1n) is 6.68. The lowest BCUT2D eigenvalue weighted by atomic mass is 10.1. The van der Waals surface area contributed by atoms with Crippen LogP contribution in [0.15, 0.2) is 36.4 Å². The Balaban J connectivity index is 2.12. The van der Waals surface area contributed by atoms with Crippen molar-refractivity contribution in [3.05, 3.63) is 64.5 Å². The lowest BCUT2D eigenvalue weighted by Gasteiger charge is -2.12. The van der Waals surface area contributed by atoms with E-state index in [1.165, 1.54) is 12.1 Å². The van der Waals surface area contributed by atoms with Crippen molar-refractivity contribution in [1.82, 2.24) is 0 Å². The molecular formula is C17H17FN2O. The summed E-state index contributed by atoms with van der Waals surface area (Å²) in [5.74, 6) is 0.237. The lowest BCUT2D eigenvalue weighted by molar-refractivity contribution is 0.304. The van der Waals surface area contributed by atoms with Gasteiger partial charge >= 0.3 is 0 Å². The molecular weight excluding hydrogens is 267 g/mol. The van der Waals surface area contributed by atoms with E-state index < -0.39 is 5.82 Å². The summed E-state index contributed by atoms with van der Waals surface area (Å²) in [6.07, 6.45) is 0. The van der Waals surface area contributed by atoms with Crippen LogP contribution in [0.3, 0.4) is 0 Å². The van der Waals surface area contributed by atoms with E-state index >= 15 is 0 Å². The molecule has 2 aromatic rings. The second-order valence-electron chi connectivity index (χ2n) is 5.03. The van der Waals surface area contributed by atoms with Crippen LogP contribution in [0.25, 0.3) is 0 Å². The molecule has 3 nitrogen and oxygen atoms in total. The summed E-state index contributed by atoms with van der Waals surface area (Å²) in [7, 11) is 0. The number of nitriles is 1. The van der Waals surface area contributed by atoms with E-state index in [4.69, 9.17) is 15.7 Å². The maximum Gasteiger partial charge on any atom is 0.140 e. The minimum absolute atomic E-state index is 0.0203. The van der Waals surface area contributed by atoms with Crippen LogP contribution >= 0.6 is 0 Å². The van der Waals surface area contributed by atoms with Gasteiger partial charge in [-0.15, -0.1) is 0 Å². The topological polar surface area (TPSA) is 59.0 Å². The summed E-state index contributed by atoms with van der Waals surface area (Å²) in [6.45, 7) is 4.16. The normalized spacial score (nSPS) is 11.8. The number of nitrogens with zero attached hydrogens (tertiary/aromatic N) is 1. The Kier molecular flexibility index (Phi) is 4.56. The van der Waals surface area contributed by atoms with Gasteiger partial charge in [0.25, 0.3) is 0 Å². The van der Waals surface area contributed by atoms with Gasteiger partial charge in [-0.3, -0.25) is 0 Å². The molecule has 0 aliphatic rings. The summed E-state index contributed by atoms with van der Waals surface area (Å²) in [6, 6.07) is 12.0. The van der Waals surface area contributed by atoms with Gasteiger partial charge in [0, 0.05) is 6.04 Å². The molecule has 0 amide bonds. The van der Waals surface area contributed by atoms with Gasteiger partial charge in [-0.1, -0.05) is 18.2 Å². The zero-order chi connectivity index (χ0) is 15.4. The fraction of sp³-hybridized carbons (Fsp3) is 0.235. The van der Waals surface area contributed by atoms with Crippen molar-refractivity contribution in [2.45, 2.75) is 26.5 Å². The Morgan fingerprint density at radius 2 is 2.05 bits per heavy atom. The molecule has 0 fully saturated rings. The highest BCUT2D eigenvalue weighted by atomic mass is 19.1. The quantitative estimate of drug-likeness (QED) is 0.933. The molecule has 0 saturated carbocycles. The molecule has 2 aromatic carbocycles. The fourth-order valence-corrected chi connectivity index (χ4v) is 2.03. The highest BCUT2D eigenvalue weighted by Crippen LogP contribution is 2.23. The van der Waals surface area contributed by atoms with Crippen LogP contribution in [-0.2, 0) is 6.61 Å². The van der Waals surface area contributed by atoms with Gasteiger partial charge in [-0.25, -0.2) is 4.39 Å². The van der Waals surface area contributed by atoms with Gasteiger partial charge in [0.05, 0.1) is 5.56 Å². The van der Waals surface area contributed by atoms with Crippen LogP contribution < -0.4 is 10.5 Å². The Labute approximate surface area is 123 Å². The summed E-state index contributed by atoms with van der Waals surface area (Å²) in [4.78, 5) is 0. The number of aryl methyl sites for hydroxylation is 1. The number of benzene rings is 2. The summed E-state index contributed by atoms with van der Waals surface area (Å²) < 4.78 is 19.0. The third-order valence-corrected chi connectivity index (χ3v) is 3.27. The number of ether oxygens (including phenoxy) is 1. The van der Waals surface area contributed by atoms with Crippen molar-refractivity contribution in [2.24, 2.45) is 5.73 Å². The molecule has 4 heteroatoms. The molecule has 0 aliphatic carbocycles. The lowest BCUT2D eigenvalue weighted by Crippen LogP contribution is -2.05. The zero-order valence-corrected chi connectivity index (χ0v) is 12.1. The van der Waals surface area contributed by atoms with E-state index in [1.54, 1.807) is 6.07 Å². The Morgan fingerprint density at radius 3 is 2.67 bits per heavy atom. The third kappa shape index (κ3) is 3.59. The van der Waals surface area contributed by atoms with Crippen LogP contribution in [0.5, 0.6) is 5.75 Å². The number of nitrogens with two attached hydrogens (primary N) is 1. The molecule has 21 heavy (non-hydrogen) atoms. The van der Waals surface area contributed by atoms with Gasteiger partial charge in [0.2, 0.25) is 0 Å². The van der Waals surface area contributed by atoms with Gasteiger partial charge in [-0.05, 0) is 48.7 Å². The summed E-state index contributed by atoms with van der Waals surface area (Å²) in [5.41, 5.74) is 8.66. The number of hydrogen-bond acceptors (Lipinski definition) is 3. The van der Waals surface area contributed by atoms with Crippen LogP contribution in [0.4, 0.5) is 4.39 Å². The standard InChI is InChI=1S/C17H17FN2O/c1-11-7-14(12(2)20)4-6-17(11)21-10-13-3-5-16(18)15(8-13)9-19/h3-8,12H,10,20H2,1-2H3/t12-/m0/s1. The van der Waals surface area contributed by atoms with E-state index in [0.717, 1.165) is 22.4 Å². The van der Waals surface area contributed by atoms with Gasteiger partial charge in [0.15, 0.2) is 0 Å². The average molecular weight is 284 g/mol. The van der Waals surface area contributed by atoms with Crippen molar-refractivity contribution < 1.29 is 9.13 Å². The zero-order valence-electron chi connectivity index (χ0n) is 12.1. The molecule has 0 radical (unpaired) electrons. The molecule has 0 saturated heterocycles. The smallest absolute Gasteiger partial charge is 0.140 e. The maximum atomic E-state index is 13.2. The predicted molar refractivity (Wildman–Crippen MR) is 79.2 cm³/mol. The molecule has 0 aliphatic heterocycles. The van der Waals surface area contributed by atoms with Gasteiger partial charge < -0.3 is 10.5 Å². The maximum absolute atomic E-state index is 13.2. The molecule has 2 N–H and O–H groups in total. The average Bonchev–Trinajstić information content (AvgIpc) is 2.47. The molecule has 1 atom stereocenters. The first-order valence-corrected chi connectivity index (χ1v) is 6.68. The summed E-state index contributed by atoms with van der Waals surface area (Å²) in [5, 5.41) is 8.81. The van der Waals surface area contributed by atoms with Crippen LogP contribution in [-0.4, -0.2) is 0 Å². The van der Waals surface area contributed by atoms with Crippen LogP contribution in [0.2, 0.25) is 0 Å². The van der Waals surface area contributed by atoms with Crippen molar-refractivity contribution in [3.63, 3.8) is 0 Å². The van der Waals surface area contributed by atoms with E-state index in [1.807, 2.05) is 38.1 Å². The second kappa shape index (κ2) is 6.38. The predicted octanol–water partition coefficient (Wildman–Crippen LogP) is 3.60.